The van der Waals surface area contributed by atoms with Crippen molar-refractivity contribution < 1.29 is 0 Å². The Morgan fingerprint density at radius 1 is 0.549 bits per heavy atom. The smallest absolute Gasteiger partial charge is 0.0127 e. The van der Waals surface area contributed by atoms with Gasteiger partial charge < -0.3 is 0 Å². The third-order valence-corrected chi connectivity index (χ3v) is 15.0. The molecule has 0 bridgehead atoms. The van der Waals surface area contributed by atoms with Gasteiger partial charge in [0.05, 0.1) is 0 Å². The first-order valence-electron chi connectivity index (χ1n) is 19.9. The molecule has 0 N–H and O–H groups in total. The molecule has 0 spiro atoms. The Balaban J connectivity index is 1.38. The third-order valence-electron chi connectivity index (χ3n) is 15.0. The van der Waals surface area contributed by atoms with Crippen molar-refractivity contribution in [2.75, 3.05) is 0 Å². The Kier molecular flexibility index (Phi) is 8.16. The summed E-state index contributed by atoms with van der Waals surface area (Å²) in [5, 5.41) is 0. The molecular formula is C51H64. The summed E-state index contributed by atoms with van der Waals surface area (Å²) in [5.41, 5.74) is 36.3. The fourth-order valence-corrected chi connectivity index (χ4v) is 11.9. The number of fused-ring (bicyclic) bond motifs is 3. The van der Waals surface area contributed by atoms with Gasteiger partial charge in [-0.15, -0.1) is 0 Å². The fourth-order valence-electron chi connectivity index (χ4n) is 11.9. The molecule has 0 fully saturated rings. The first-order chi connectivity index (χ1) is 23.7. The zero-order valence-electron chi connectivity index (χ0n) is 35.2. The second-order valence-electron chi connectivity index (χ2n) is 18.8. The van der Waals surface area contributed by atoms with E-state index in [1.54, 1.807) is 39.0 Å². The Bertz CT molecular complexity index is 2180. The van der Waals surface area contributed by atoms with E-state index in [0.29, 0.717) is 29.6 Å². The molecule has 268 valence electrons. The summed E-state index contributed by atoms with van der Waals surface area (Å²) in [4.78, 5) is 0. The number of benzene rings is 1. The highest BCUT2D eigenvalue weighted by molar-refractivity contribution is 5.91. The maximum Gasteiger partial charge on any atom is 0.0127 e. The predicted molar refractivity (Wildman–Crippen MR) is 223 cm³/mol. The normalized spacial score (nSPS) is 26.8. The standard InChI is InChI=1S/C51H64/c1-22(2)40-45(34(14)42-36(16)49-41(35(15)48(40)42)32(12)33(13)50(49)51(17,18)19)39-21-38(26(6)27(39)7)44-29(9)31(11)46-43(28(8)30(10)47(44)46)37-20-23(3)24(4)25(37)5/h22,28-29,40,50H,10-11,20-21H2,1-9,12-19H3. The Morgan fingerprint density at radius 3 is 1.43 bits per heavy atom. The largest absolute Gasteiger partial charge is 0.0946 e. The van der Waals surface area contributed by atoms with Gasteiger partial charge in [-0.1, -0.05) is 72.8 Å². The van der Waals surface area contributed by atoms with Crippen molar-refractivity contribution in [2.45, 2.75) is 142 Å². The van der Waals surface area contributed by atoms with E-state index in [1.807, 2.05) is 0 Å². The Hall–Kier alpha value is -3.38. The molecule has 0 radical (unpaired) electrons. The molecule has 6 aliphatic rings. The highest BCUT2D eigenvalue weighted by Gasteiger charge is 2.47. The van der Waals surface area contributed by atoms with Gasteiger partial charge >= 0.3 is 0 Å². The van der Waals surface area contributed by atoms with Crippen LogP contribution in [-0.4, -0.2) is 0 Å². The lowest BCUT2D eigenvalue weighted by atomic mass is 9.71. The van der Waals surface area contributed by atoms with E-state index in [1.165, 1.54) is 94.7 Å². The van der Waals surface area contributed by atoms with Crippen molar-refractivity contribution in [2.24, 2.45) is 23.2 Å². The monoisotopic (exact) mass is 677 g/mol. The van der Waals surface area contributed by atoms with Gasteiger partial charge in [-0.3, -0.25) is 0 Å². The molecule has 0 nitrogen and oxygen atoms in total. The molecule has 0 heteroatoms. The molecule has 1 aromatic carbocycles. The zero-order chi connectivity index (χ0) is 37.7. The van der Waals surface area contributed by atoms with Crippen molar-refractivity contribution in [3.8, 4) is 0 Å². The summed E-state index contributed by atoms with van der Waals surface area (Å²) in [6.07, 6.45) is 2.06. The predicted octanol–water partition coefficient (Wildman–Crippen LogP) is 14.9. The molecule has 51 heavy (non-hydrogen) atoms. The second-order valence-corrected chi connectivity index (χ2v) is 18.8. The minimum absolute atomic E-state index is 0.173. The van der Waals surface area contributed by atoms with Crippen LogP contribution >= 0.6 is 0 Å². The maximum absolute atomic E-state index is 4.83. The number of hydrogen-bond donors (Lipinski definition) is 0. The summed E-state index contributed by atoms with van der Waals surface area (Å²) in [5.74, 6) is 1.97. The van der Waals surface area contributed by atoms with E-state index in [2.05, 4.69) is 118 Å². The van der Waals surface area contributed by atoms with Crippen molar-refractivity contribution in [3.05, 3.63) is 136 Å². The maximum atomic E-state index is 4.83. The average molecular weight is 677 g/mol. The van der Waals surface area contributed by atoms with Gasteiger partial charge in [0, 0.05) is 23.7 Å². The fraction of sp³-hybridized carbons (Fsp3) is 0.490. The van der Waals surface area contributed by atoms with Crippen LogP contribution in [0.1, 0.15) is 162 Å². The Labute approximate surface area is 311 Å². The highest BCUT2D eigenvalue weighted by Crippen LogP contribution is 2.63. The lowest BCUT2D eigenvalue weighted by molar-refractivity contribution is 0.357. The summed E-state index contributed by atoms with van der Waals surface area (Å²) in [6, 6.07) is 0. The third kappa shape index (κ3) is 4.56. The first kappa shape index (κ1) is 36.0. The van der Waals surface area contributed by atoms with Crippen LogP contribution in [0.4, 0.5) is 0 Å². The lowest BCUT2D eigenvalue weighted by Gasteiger charge is -2.32. The van der Waals surface area contributed by atoms with Crippen LogP contribution in [0.15, 0.2) is 102 Å². The van der Waals surface area contributed by atoms with Crippen molar-refractivity contribution >= 4 is 11.1 Å². The topological polar surface area (TPSA) is 0 Å². The van der Waals surface area contributed by atoms with E-state index in [-0.39, 0.29) is 5.41 Å². The molecule has 1 aromatic rings. The minimum atomic E-state index is 0.173. The average Bonchev–Trinajstić information content (AvgIpc) is 3.81. The van der Waals surface area contributed by atoms with Crippen molar-refractivity contribution in [1.82, 2.24) is 0 Å². The molecule has 0 saturated carbocycles. The first-order valence-corrected chi connectivity index (χ1v) is 19.9. The van der Waals surface area contributed by atoms with Crippen LogP contribution in [0.2, 0.25) is 0 Å². The molecular weight excluding hydrogens is 613 g/mol. The second kappa shape index (κ2) is 11.6. The molecule has 0 aliphatic heterocycles. The van der Waals surface area contributed by atoms with Crippen LogP contribution in [0.5, 0.6) is 0 Å². The van der Waals surface area contributed by atoms with Crippen LogP contribution in [0.25, 0.3) is 11.1 Å². The van der Waals surface area contributed by atoms with Crippen LogP contribution < -0.4 is 0 Å². The number of rotatable bonds is 4. The Morgan fingerprint density at radius 2 is 0.980 bits per heavy atom. The van der Waals surface area contributed by atoms with Gasteiger partial charge in [-0.05, 0) is 216 Å². The van der Waals surface area contributed by atoms with E-state index in [4.69, 9.17) is 13.2 Å². The van der Waals surface area contributed by atoms with Gasteiger partial charge in [-0.25, -0.2) is 0 Å². The molecule has 7 rings (SSSR count). The quantitative estimate of drug-likeness (QED) is 0.298. The van der Waals surface area contributed by atoms with Crippen LogP contribution in [0.3, 0.4) is 0 Å². The summed E-state index contributed by atoms with van der Waals surface area (Å²) >= 11 is 0. The van der Waals surface area contributed by atoms with E-state index in [9.17, 15) is 0 Å². The van der Waals surface area contributed by atoms with E-state index >= 15 is 0 Å². The number of hydrogen-bond acceptors (Lipinski definition) is 0. The van der Waals surface area contributed by atoms with Crippen molar-refractivity contribution in [1.29, 1.82) is 0 Å². The van der Waals surface area contributed by atoms with Gasteiger partial charge in [0.25, 0.3) is 0 Å². The van der Waals surface area contributed by atoms with Gasteiger partial charge in [0.1, 0.15) is 0 Å². The molecule has 0 aromatic heterocycles. The highest BCUT2D eigenvalue weighted by atomic mass is 14.5. The summed E-state index contributed by atoms with van der Waals surface area (Å²) in [6.45, 7) is 50.6. The molecule has 0 amide bonds. The van der Waals surface area contributed by atoms with Crippen LogP contribution in [0, 0.1) is 37.0 Å². The van der Waals surface area contributed by atoms with Gasteiger partial charge in [0.15, 0.2) is 0 Å². The molecule has 0 saturated heterocycles. The minimum Gasteiger partial charge on any atom is -0.0946 e. The van der Waals surface area contributed by atoms with Gasteiger partial charge in [0.2, 0.25) is 0 Å². The van der Waals surface area contributed by atoms with E-state index in [0.717, 1.165) is 12.8 Å². The molecule has 4 atom stereocenters. The molecule has 0 heterocycles. The SMILES string of the molecule is C=C1C2=C(C3=C(C)C(C)=C(C4=C(C)c5c(C)c6c(c(C)c5C4C(C)C)C(C)=C(C)C6C(C)(C)C)C3)C(C)C(=C)C2=C(C2=C(C)C(C)=C(C)C2)C1C. The lowest BCUT2D eigenvalue weighted by Crippen LogP contribution is -2.20. The van der Waals surface area contributed by atoms with Gasteiger partial charge in [-0.2, -0.15) is 0 Å². The van der Waals surface area contributed by atoms with E-state index < -0.39 is 0 Å². The molecule has 6 aliphatic carbocycles. The molecule has 4 unspecified atom stereocenters. The zero-order valence-corrected chi connectivity index (χ0v) is 35.2. The summed E-state index contributed by atoms with van der Waals surface area (Å²) in [7, 11) is 0. The number of allylic oxidation sites excluding steroid dienone is 18. The van der Waals surface area contributed by atoms with Crippen molar-refractivity contribution in [3.63, 3.8) is 0 Å². The van der Waals surface area contributed by atoms with Crippen LogP contribution in [-0.2, 0) is 0 Å². The summed E-state index contributed by atoms with van der Waals surface area (Å²) < 4.78 is 0.